The lowest BCUT2D eigenvalue weighted by Gasteiger charge is -2.37. The molecule has 1 aliphatic heterocycles. The highest BCUT2D eigenvalue weighted by molar-refractivity contribution is 7.80. The molecule has 98 valence electrons. The maximum atomic E-state index is 12.2. The maximum absolute atomic E-state index is 12.2. The first-order chi connectivity index (χ1) is 8.74. The first kappa shape index (κ1) is 13.4. The highest BCUT2D eigenvalue weighted by Gasteiger charge is 2.30. The highest BCUT2D eigenvalue weighted by Crippen LogP contribution is 2.22. The standard InChI is InChI=1S/C13H19N3OS/c14-11(9-18)13(17)16-7-6-15-8-12(16)10-4-2-1-3-5-10/h1-5,11-12,15,18H,6-9,14H2/t11-,12+/m0/s1. The van der Waals surface area contributed by atoms with Crippen LogP contribution in [0, 0.1) is 0 Å². The van der Waals surface area contributed by atoms with Gasteiger partial charge in [0.25, 0.3) is 0 Å². The molecule has 5 heteroatoms. The zero-order valence-corrected chi connectivity index (χ0v) is 11.1. The Balaban J connectivity index is 2.19. The Bertz CT molecular complexity index is 398. The summed E-state index contributed by atoms with van der Waals surface area (Å²) in [6.07, 6.45) is 0. The summed E-state index contributed by atoms with van der Waals surface area (Å²) < 4.78 is 0. The molecule has 1 saturated heterocycles. The van der Waals surface area contributed by atoms with Crippen LogP contribution in [-0.4, -0.2) is 42.2 Å². The molecule has 4 nitrogen and oxygen atoms in total. The van der Waals surface area contributed by atoms with Gasteiger partial charge in [0.1, 0.15) is 0 Å². The Labute approximate surface area is 113 Å². The molecular weight excluding hydrogens is 246 g/mol. The van der Waals surface area contributed by atoms with E-state index in [2.05, 4.69) is 17.9 Å². The maximum Gasteiger partial charge on any atom is 0.240 e. The average molecular weight is 265 g/mol. The third kappa shape index (κ3) is 2.85. The van der Waals surface area contributed by atoms with Crippen molar-refractivity contribution >= 4 is 18.5 Å². The minimum atomic E-state index is -0.516. The summed E-state index contributed by atoms with van der Waals surface area (Å²) in [6, 6.07) is 9.60. The van der Waals surface area contributed by atoms with Gasteiger partial charge in [-0.3, -0.25) is 4.79 Å². The third-order valence-electron chi connectivity index (χ3n) is 3.22. The lowest BCUT2D eigenvalue weighted by molar-refractivity contribution is -0.135. The van der Waals surface area contributed by atoms with Crippen molar-refractivity contribution in [3.8, 4) is 0 Å². The van der Waals surface area contributed by atoms with Gasteiger partial charge in [-0.15, -0.1) is 0 Å². The summed E-state index contributed by atoms with van der Waals surface area (Å²) in [5.41, 5.74) is 6.94. The van der Waals surface area contributed by atoms with Crippen LogP contribution in [0.4, 0.5) is 0 Å². The molecule has 0 unspecified atom stereocenters. The molecule has 0 radical (unpaired) electrons. The van der Waals surface area contributed by atoms with E-state index in [1.165, 1.54) is 0 Å². The van der Waals surface area contributed by atoms with Crippen molar-refractivity contribution in [3.63, 3.8) is 0 Å². The smallest absolute Gasteiger partial charge is 0.240 e. The molecule has 0 aliphatic carbocycles. The molecule has 2 rings (SSSR count). The molecule has 3 N–H and O–H groups in total. The van der Waals surface area contributed by atoms with Gasteiger partial charge in [-0.2, -0.15) is 12.6 Å². The van der Waals surface area contributed by atoms with Crippen LogP contribution in [0.25, 0.3) is 0 Å². The van der Waals surface area contributed by atoms with Crippen LogP contribution in [-0.2, 0) is 4.79 Å². The molecular formula is C13H19N3OS. The third-order valence-corrected chi connectivity index (χ3v) is 3.62. The van der Waals surface area contributed by atoms with Crippen LogP contribution in [0.5, 0.6) is 0 Å². The quantitative estimate of drug-likeness (QED) is 0.694. The lowest BCUT2D eigenvalue weighted by Crippen LogP contribution is -2.53. The molecule has 1 aliphatic rings. The van der Waals surface area contributed by atoms with Crippen molar-refractivity contribution in [2.24, 2.45) is 5.73 Å². The number of rotatable bonds is 3. The summed E-state index contributed by atoms with van der Waals surface area (Å²) in [5, 5.41) is 3.32. The molecule has 1 aromatic rings. The first-order valence-electron chi connectivity index (χ1n) is 6.16. The van der Waals surface area contributed by atoms with Crippen LogP contribution < -0.4 is 11.1 Å². The number of amides is 1. The van der Waals surface area contributed by atoms with Crippen molar-refractivity contribution in [1.82, 2.24) is 10.2 Å². The predicted octanol–water partition coefficient (Wildman–Crippen LogP) is 0.417. The summed E-state index contributed by atoms with van der Waals surface area (Å²) in [7, 11) is 0. The summed E-state index contributed by atoms with van der Waals surface area (Å²) in [4.78, 5) is 14.1. The van der Waals surface area contributed by atoms with E-state index >= 15 is 0 Å². The molecule has 1 heterocycles. The number of piperazine rings is 1. The van der Waals surface area contributed by atoms with Crippen molar-refractivity contribution < 1.29 is 4.79 Å². The van der Waals surface area contributed by atoms with Gasteiger partial charge in [-0.05, 0) is 5.56 Å². The number of hydrogen-bond donors (Lipinski definition) is 3. The van der Waals surface area contributed by atoms with Gasteiger partial charge in [0.15, 0.2) is 0 Å². The molecule has 1 fully saturated rings. The van der Waals surface area contributed by atoms with E-state index in [9.17, 15) is 4.79 Å². The Morgan fingerprint density at radius 2 is 2.22 bits per heavy atom. The molecule has 0 bridgehead atoms. The number of benzene rings is 1. The molecule has 2 atom stereocenters. The van der Waals surface area contributed by atoms with E-state index in [1.54, 1.807) is 0 Å². The van der Waals surface area contributed by atoms with Crippen LogP contribution in [0.3, 0.4) is 0 Å². The van der Waals surface area contributed by atoms with Gasteiger partial charge >= 0.3 is 0 Å². The monoisotopic (exact) mass is 265 g/mol. The highest BCUT2D eigenvalue weighted by atomic mass is 32.1. The van der Waals surface area contributed by atoms with E-state index in [-0.39, 0.29) is 11.9 Å². The number of nitrogens with two attached hydrogens (primary N) is 1. The molecule has 0 saturated carbocycles. The Kier molecular flexibility index (Phi) is 4.63. The fourth-order valence-electron chi connectivity index (χ4n) is 2.23. The minimum absolute atomic E-state index is 0.0136. The minimum Gasteiger partial charge on any atom is -0.332 e. The Morgan fingerprint density at radius 1 is 1.50 bits per heavy atom. The van der Waals surface area contributed by atoms with Gasteiger partial charge < -0.3 is 16.0 Å². The van der Waals surface area contributed by atoms with E-state index < -0.39 is 6.04 Å². The molecule has 0 aromatic heterocycles. The van der Waals surface area contributed by atoms with E-state index in [0.717, 1.165) is 18.7 Å². The van der Waals surface area contributed by atoms with Gasteiger partial charge in [-0.1, -0.05) is 30.3 Å². The molecule has 1 amide bonds. The van der Waals surface area contributed by atoms with Crippen molar-refractivity contribution in [3.05, 3.63) is 35.9 Å². The molecule has 0 spiro atoms. The fourth-order valence-corrected chi connectivity index (χ4v) is 2.39. The van der Waals surface area contributed by atoms with Gasteiger partial charge in [0.05, 0.1) is 12.1 Å². The molecule has 18 heavy (non-hydrogen) atoms. The SMILES string of the molecule is N[C@@H](CS)C(=O)N1CCNC[C@@H]1c1ccccc1. The van der Waals surface area contributed by atoms with E-state index in [4.69, 9.17) is 5.73 Å². The van der Waals surface area contributed by atoms with Crippen LogP contribution in [0.2, 0.25) is 0 Å². The Hall–Kier alpha value is -1.04. The van der Waals surface area contributed by atoms with E-state index in [0.29, 0.717) is 12.3 Å². The fraction of sp³-hybridized carbons (Fsp3) is 0.462. The van der Waals surface area contributed by atoms with Gasteiger partial charge in [-0.25, -0.2) is 0 Å². The van der Waals surface area contributed by atoms with E-state index in [1.807, 2.05) is 35.2 Å². The number of carbonyl (C=O) groups is 1. The first-order valence-corrected chi connectivity index (χ1v) is 6.80. The molecule has 1 aromatic carbocycles. The zero-order chi connectivity index (χ0) is 13.0. The summed E-state index contributed by atoms with van der Waals surface area (Å²) >= 11 is 4.10. The number of nitrogens with one attached hydrogen (secondary N) is 1. The normalized spacial score (nSPS) is 21.7. The van der Waals surface area contributed by atoms with Crippen molar-refractivity contribution in [2.45, 2.75) is 12.1 Å². The topological polar surface area (TPSA) is 58.4 Å². The summed E-state index contributed by atoms with van der Waals surface area (Å²) in [6.45, 7) is 2.28. The van der Waals surface area contributed by atoms with Crippen molar-refractivity contribution in [1.29, 1.82) is 0 Å². The van der Waals surface area contributed by atoms with Crippen LogP contribution >= 0.6 is 12.6 Å². The second-order valence-corrected chi connectivity index (χ2v) is 4.82. The van der Waals surface area contributed by atoms with Crippen molar-refractivity contribution in [2.75, 3.05) is 25.4 Å². The lowest BCUT2D eigenvalue weighted by atomic mass is 10.0. The number of carbonyl (C=O) groups excluding carboxylic acids is 1. The van der Waals surface area contributed by atoms with Gasteiger partial charge in [0.2, 0.25) is 5.91 Å². The predicted molar refractivity (Wildman–Crippen MR) is 75.6 cm³/mol. The summed E-state index contributed by atoms with van der Waals surface area (Å²) in [5.74, 6) is 0.366. The number of nitrogens with zero attached hydrogens (tertiary/aromatic N) is 1. The van der Waals surface area contributed by atoms with Gasteiger partial charge in [0, 0.05) is 25.4 Å². The number of thiol groups is 1. The second-order valence-electron chi connectivity index (χ2n) is 4.45. The van der Waals surface area contributed by atoms with Crippen LogP contribution in [0.1, 0.15) is 11.6 Å². The average Bonchev–Trinajstić information content (AvgIpc) is 2.46. The zero-order valence-electron chi connectivity index (χ0n) is 10.2. The Morgan fingerprint density at radius 3 is 2.89 bits per heavy atom. The van der Waals surface area contributed by atoms with Crippen LogP contribution in [0.15, 0.2) is 30.3 Å². The number of hydrogen-bond acceptors (Lipinski definition) is 4. The largest absolute Gasteiger partial charge is 0.332 e. The second kappa shape index (κ2) is 6.22.